The van der Waals surface area contributed by atoms with E-state index in [0.29, 0.717) is 50.0 Å². The summed E-state index contributed by atoms with van der Waals surface area (Å²) in [6.45, 7) is 7.24. The van der Waals surface area contributed by atoms with E-state index in [2.05, 4.69) is 24.5 Å². The number of unbranched alkanes of at least 4 members (excludes halogenated alkanes) is 1. The smallest absolute Gasteiger partial charge is 0.319 e. The van der Waals surface area contributed by atoms with Gasteiger partial charge in [-0.1, -0.05) is 45.2 Å². The van der Waals surface area contributed by atoms with Gasteiger partial charge in [-0.05, 0) is 24.5 Å². The third kappa shape index (κ3) is 6.02. The average molecular weight is 361 g/mol. The molecule has 0 aromatic heterocycles. The predicted octanol–water partition coefficient (Wildman–Crippen LogP) is 3.50. The number of rotatable bonds is 8. The average Bonchev–Trinajstić information content (AvgIpc) is 2.68. The molecule has 1 unspecified atom stereocenters. The minimum atomic E-state index is -0.262. The van der Waals surface area contributed by atoms with Crippen LogP contribution in [-0.4, -0.2) is 49.7 Å². The number of hydrogen-bond acceptors (Lipinski definition) is 3. The number of morpholine rings is 1. The third-order valence-electron chi connectivity index (χ3n) is 4.80. The Hall–Kier alpha value is -2.08. The number of hydrogen-bond donors (Lipinski definition) is 2. The van der Waals surface area contributed by atoms with Gasteiger partial charge in [0.05, 0.1) is 24.5 Å². The van der Waals surface area contributed by atoms with Crippen LogP contribution in [0.25, 0.3) is 0 Å². The summed E-state index contributed by atoms with van der Waals surface area (Å²) in [5.41, 5.74) is 1.06. The third-order valence-corrected chi connectivity index (χ3v) is 4.80. The van der Waals surface area contributed by atoms with Crippen LogP contribution in [0.3, 0.4) is 0 Å². The molecule has 1 aromatic carbocycles. The Balaban J connectivity index is 1.94. The summed E-state index contributed by atoms with van der Waals surface area (Å²) in [5.74, 6) is 0.421. The van der Waals surface area contributed by atoms with Gasteiger partial charge in [0.2, 0.25) is 0 Å². The zero-order valence-electron chi connectivity index (χ0n) is 15.9. The molecule has 0 aliphatic carbocycles. The van der Waals surface area contributed by atoms with Crippen molar-refractivity contribution in [2.24, 2.45) is 5.92 Å². The van der Waals surface area contributed by atoms with Crippen molar-refractivity contribution < 1.29 is 14.3 Å². The molecule has 1 heterocycles. The number of nitrogens with zero attached hydrogens (tertiary/aromatic N) is 1. The molecule has 144 valence electrons. The van der Waals surface area contributed by atoms with E-state index < -0.39 is 0 Å². The molecule has 1 atom stereocenters. The van der Waals surface area contributed by atoms with E-state index in [-0.39, 0.29) is 11.9 Å². The first kappa shape index (κ1) is 20.2. The molecule has 26 heavy (non-hydrogen) atoms. The standard InChI is InChI=1S/C20H31N3O3/c1-3-5-8-16(4-2)15-21-20(25)22-18-10-7-6-9-17(18)19(24)23-11-13-26-14-12-23/h6-7,9-10,16H,3-5,8,11-15H2,1-2H3,(H2,21,22,25). The first-order chi connectivity index (χ1) is 12.7. The molecule has 1 aliphatic rings. The SMILES string of the molecule is CCCCC(CC)CNC(=O)Nc1ccccc1C(=O)N1CCOCC1. The second kappa shape index (κ2) is 10.8. The summed E-state index contributed by atoms with van der Waals surface area (Å²) < 4.78 is 5.30. The van der Waals surface area contributed by atoms with Crippen molar-refractivity contribution in [2.45, 2.75) is 39.5 Å². The maximum Gasteiger partial charge on any atom is 0.319 e. The van der Waals surface area contributed by atoms with Crippen molar-refractivity contribution in [3.05, 3.63) is 29.8 Å². The minimum absolute atomic E-state index is 0.0708. The van der Waals surface area contributed by atoms with Gasteiger partial charge in [-0.15, -0.1) is 0 Å². The van der Waals surface area contributed by atoms with Gasteiger partial charge in [-0.2, -0.15) is 0 Å². The summed E-state index contributed by atoms with van der Waals surface area (Å²) in [7, 11) is 0. The quantitative estimate of drug-likeness (QED) is 0.744. The Bertz CT molecular complexity index is 585. The van der Waals surface area contributed by atoms with Crippen molar-refractivity contribution in [1.82, 2.24) is 10.2 Å². The van der Waals surface area contributed by atoms with Gasteiger partial charge in [-0.3, -0.25) is 4.79 Å². The first-order valence-corrected chi connectivity index (χ1v) is 9.66. The second-order valence-corrected chi connectivity index (χ2v) is 6.70. The molecule has 1 aliphatic heterocycles. The second-order valence-electron chi connectivity index (χ2n) is 6.70. The van der Waals surface area contributed by atoms with E-state index in [1.165, 1.54) is 12.8 Å². The van der Waals surface area contributed by atoms with Crippen LogP contribution < -0.4 is 10.6 Å². The zero-order chi connectivity index (χ0) is 18.8. The lowest BCUT2D eigenvalue weighted by molar-refractivity contribution is 0.0303. The van der Waals surface area contributed by atoms with E-state index in [4.69, 9.17) is 4.74 Å². The predicted molar refractivity (Wildman–Crippen MR) is 103 cm³/mol. The minimum Gasteiger partial charge on any atom is -0.378 e. The lowest BCUT2D eigenvalue weighted by atomic mass is 9.99. The number of carbonyl (C=O) groups is 2. The molecular formula is C20H31N3O3. The lowest BCUT2D eigenvalue weighted by Gasteiger charge is -2.27. The van der Waals surface area contributed by atoms with Gasteiger partial charge in [0.1, 0.15) is 0 Å². The number of benzene rings is 1. The number of ether oxygens (including phenoxy) is 1. The zero-order valence-corrected chi connectivity index (χ0v) is 15.9. The van der Waals surface area contributed by atoms with Crippen molar-refractivity contribution in [2.75, 3.05) is 38.2 Å². The van der Waals surface area contributed by atoms with E-state index >= 15 is 0 Å². The van der Waals surface area contributed by atoms with E-state index in [9.17, 15) is 9.59 Å². The first-order valence-electron chi connectivity index (χ1n) is 9.66. The van der Waals surface area contributed by atoms with Gasteiger partial charge >= 0.3 is 6.03 Å². The van der Waals surface area contributed by atoms with E-state index in [1.807, 2.05) is 12.1 Å². The van der Waals surface area contributed by atoms with Crippen molar-refractivity contribution in [3.8, 4) is 0 Å². The summed E-state index contributed by atoms with van der Waals surface area (Å²) >= 11 is 0. The molecule has 2 N–H and O–H groups in total. The number of para-hydroxylation sites is 1. The summed E-state index contributed by atoms with van der Waals surface area (Å²) in [4.78, 5) is 26.8. The number of amides is 3. The molecule has 6 nitrogen and oxygen atoms in total. The fourth-order valence-electron chi connectivity index (χ4n) is 3.06. The molecule has 3 amide bonds. The molecule has 6 heteroatoms. The highest BCUT2D eigenvalue weighted by atomic mass is 16.5. The highest BCUT2D eigenvalue weighted by Gasteiger charge is 2.21. The molecule has 0 radical (unpaired) electrons. The van der Waals surface area contributed by atoms with Gasteiger partial charge < -0.3 is 20.3 Å². The van der Waals surface area contributed by atoms with Crippen LogP contribution in [0.2, 0.25) is 0 Å². The van der Waals surface area contributed by atoms with Gasteiger partial charge in [0.15, 0.2) is 0 Å². The van der Waals surface area contributed by atoms with Crippen LogP contribution >= 0.6 is 0 Å². The monoisotopic (exact) mass is 361 g/mol. The summed E-state index contributed by atoms with van der Waals surface area (Å²) in [5, 5.41) is 5.78. The Kier molecular flexibility index (Phi) is 8.41. The van der Waals surface area contributed by atoms with Gasteiger partial charge in [-0.25, -0.2) is 4.79 Å². The van der Waals surface area contributed by atoms with Crippen LogP contribution in [0.5, 0.6) is 0 Å². The molecule has 2 rings (SSSR count). The highest BCUT2D eigenvalue weighted by molar-refractivity contribution is 6.03. The Labute approximate surface area is 156 Å². The number of nitrogens with one attached hydrogen (secondary N) is 2. The number of carbonyl (C=O) groups excluding carboxylic acids is 2. The van der Waals surface area contributed by atoms with Crippen LogP contribution in [0.15, 0.2) is 24.3 Å². The van der Waals surface area contributed by atoms with Gasteiger partial charge in [0.25, 0.3) is 5.91 Å². The van der Waals surface area contributed by atoms with Gasteiger partial charge in [0, 0.05) is 19.6 Å². The topological polar surface area (TPSA) is 70.7 Å². The molecule has 1 saturated heterocycles. The van der Waals surface area contributed by atoms with Crippen LogP contribution in [0.1, 0.15) is 49.9 Å². The maximum atomic E-state index is 12.7. The Morgan fingerprint density at radius 1 is 1.19 bits per heavy atom. The summed E-state index contributed by atoms with van der Waals surface area (Å²) in [6.07, 6.45) is 4.52. The molecule has 0 saturated carbocycles. The fourth-order valence-corrected chi connectivity index (χ4v) is 3.06. The van der Waals surface area contributed by atoms with Crippen LogP contribution in [-0.2, 0) is 4.74 Å². The summed E-state index contributed by atoms with van der Waals surface area (Å²) in [6, 6.07) is 6.89. The Morgan fingerprint density at radius 2 is 1.92 bits per heavy atom. The van der Waals surface area contributed by atoms with Crippen molar-refractivity contribution >= 4 is 17.6 Å². The van der Waals surface area contributed by atoms with E-state index in [1.54, 1.807) is 17.0 Å². The highest BCUT2D eigenvalue weighted by Crippen LogP contribution is 2.18. The number of anilines is 1. The normalized spacial score (nSPS) is 15.4. The van der Waals surface area contributed by atoms with Crippen molar-refractivity contribution in [3.63, 3.8) is 0 Å². The van der Waals surface area contributed by atoms with Crippen LogP contribution in [0, 0.1) is 5.92 Å². The number of urea groups is 1. The fraction of sp³-hybridized carbons (Fsp3) is 0.600. The molecule has 1 aromatic rings. The Morgan fingerprint density at radius 3 is 2.62 bits per heavy atom. The largest absolute Gasteiger partial charge is 0.378 e. The molecular weight excluding hydrogens is 330 g/mol. The van der Waals surface area contributed by atoms with E-state index in [0.717, 1.165) is 12.8 Å². The molecule has 0 spiro atoms. The van der Waals surface area contributed by atoms with Crippen molar-refractivity contribution in [1.29, 1.82) is 0 Å². The van der Waals surface area contributed by atoms with Crippen LogP contribution in [0.4, 0.5) is 10.5 Å². The molecule has 0 bridgehead atoms. The maximum absolute atomic E-state index is 12.7. The lowest BCUT2D eigenvalue weighted by Crippen LogP contribution is -2.41. The molecule has 1 fully saturated rings.